The molecule has 0 aliphatic carbocycles. The normalized spacial score (nSPS) is 11.6. The average molecular weight is 331 g/mol. The van der Waals surface area contributed by atoms with E-state index in [0.29, 0.717) is 12.0 Å². The van der Waals surface area contributed by atoms with Gasteiger partial charge in [-0.25, -0.2) is 0 Å². The topological polar surface area (TPSA) is 40.5 Å². The molecular formula is C22H34O2. The number of hydrogen-bond acceptors (Lipinski definition) is 2. The quantitative estimate of drug-likeness (QED) is 0.382. The third-order valence-corrected chi connectivity index (χ3v) is 4.32. The molecule has 2 nitrogen and oxygen atoms in total. The lowest BCUT2D eigenvalue weighted by Gasteiger charge is -2.09. The SMILES string of the molecule is CCCCCCCc1cc(O)c(C/C=C(/C)CC=C(C)C)c(O)c1. The van der Waals surface area contributed by atoms with Crippen molar-refractivity contribution in [1.29, 1.82) is 0 Å². The third-order valence-electron chi connectivity index (χ3n) is 4.32. The van der Waals surface area contributed by atoms with Gasteiger partial charge >= 0.3 is 0 Å². The van der Waals surface area contributed by atoms with Gasteiger partial charge in [-0.3, -0.25) is 0 Å². The molecule has 24 heavy (non-hydrogen) atoms. The van der Waals surface area contributed by atoms with E-state index in [9.17, 15) is 10.2 Å². The lowest BCUT2D eigenvalue weighted by Crippen LogP contribution is -1.91. The van der Waals surface area contributed by atoms with E-state index >= 15 is 0 Å². The summed E-state index contributed by atoms with van der Waals surface area (Å²) in [5.41, 5.74) is 4.20. The molecule has 1 aromatic rings. The Morgan fingerprint density at radius 2 is 1.54 bits per heavy atom. The Hall–Kier alpha value is -1.70. The van der Waals surface area contributed by atoms with E-state index in [4.69, 9.17) is 0 Å². The maximum Gasteiger partial charge on any atom is 0.123 e. The van der Waals surface area contributed by atoms with Crippen molar-refractivity contribution < 1.29 is 10.2 Å². The van der Waals surface area contributed by atoms with Crippen molar-refractivity contribution in [2.45, 2.75) is 79.1 Å². The van der Waals surface area contributed by atoms with Crippen molar-refractivity contribution in [3.63, 3.8) is 0 Å². The summed E-state index contributed by atoms with van der Waals surface area (Å²) in [6.45, 7) is 8.47. The molecule has 0 unspecified atom stereocenters. The van der Waals surface area contributed by atoms with E-state index in [1.165, 1.54) is 36.8 Å². The second kappa shape index (κ2) is 11.0. The second-order valence-electron chi connectivity index (χ2n) is 7.02. The van der Waals surface area contributed by atoms with Crippen LogP contribution < -0.4 is 0 Å². The molecule has 0 aliphatic heterocycles. The summed E-state index contributed by atoms with van der Waals surface area (Å²) in [7, 11) is 0. The van der Waals surface area contributed by atoms with Crippen LogP contribution in [0.25, 0.3) is 0 Å². The first-order valence-electron chi connectivity index (χ1n) is 9.26. The van der Waals surface area contributed by atoms with E-state index in [1.54, 1.807) is 0 Å². The summed E-state index contributed by atoms with van der Waals surface area (Å²) >= 11 is 0. The van der Waals surface area contributed by atoms with E-state index in [0.717, 1.165) is 24.8 Å². The maximum atomic E-state index is 10.2. The smallest absolute Gasteiger partial charge is 0.123 e. The van der Waals surface area contributed by atoms with Crippen LogP contribution in [0.2, 0.25) is 0 Å². The summed E-state index contributed by atoms with van der Waals surface area (Å²) < 4.78 is 0. The van der Waals surface area contributed by atoms with Crippen LogP contribution in [0.3, 0.4) is 0 Å². The van der Waals surface area contributed by atoms with Crippen LogP contribution in [0.1, 0.15) is 77.3 Å². The van der Waals surface area contributed by atoms with Crippen molar-refractivity contribution in [1.82, 2.24) is 0 Å². The Kier molecular flexibility index (Phi) is 9.29. The highest BCUT2D eigenvalue weighted by atomic mass is 16.3. The van der Waals surface area contributed by atoms with Crippen LogP contribution in [0.4, 0.5) is 0 Å². The number of rotatable bonds is 10. The summed E-state index contributed by atoms with van der Waals surface area (Å²) in [6, 6.07) is 3.63. The lowest BCUT2D eigenvalue weighted by atomic mass is 10.00. The zero-order valence-electron chi connectivity index (χ0n) is 15.9. The van der Waals surface area contributed by atoms with E-state index in [1.807, 2.05) is 12.1 Å². The Balaban J connectivity index is 2.64. The number of phenolic OH excluding ortho intramolecular Hbond substituents is 2. The van der Waals surface area contributed by atoms with Gasteiger partial charge in [0.05, 0.1) is 0 Å². The van der Waals surface area contributed by atoms with Crippen LogP contribution in [0, 0.1) is 0 Å². The molecular weight excluding hydrogens is 296 g/mol. The molecule has 0 radical (unpaired) electrons. The maximum absolute atomic E-state index is 10.2. The lowest BCUT2D eigenvalue weighted by molar-refractivity contribution is 0.439. The van der Waals surface area contributed by atoms with Crippen molar-refractivity contribution in [3.8, 4) is 11.5 Å². The summed E-state index contributed by atoms with van der Waals surface area (Å²) in [5.74, 6) is 0.426. The fourth-order valence-electron chi connectivity index (χ4n) is 2.71. The molecule has 1 rings (SSSR count). The minimum absolute atomic E-state index is 0.213. The minimum atomic E-state index is 0.213. The molecule has 2 N–H and O–H groups in total. The highest BCUT2D eigenvalue weighted by Gasteiger charge is 2.09. The van der Waals surface area contributed by atoms with Crippen LogP contribution >= 0.6 is 0 Å². The standard InChI is InChI=1S/C22H34O2/c1-5-6-7-8-9-10-19-15-21(23)20(22(24)16-19)14-13-18(4)12-11-17(2)3/h11,13,15-16,23-24H,5-10,12,14H2,1-4H3/b18-13-. The number of aryl methyl sites for hydroxylation is 1. The summed E-state index contributed by atoms with van der Waals surface area (Å²) in [5, 5.41) is 20.5. The molecule has 0 atom stereocenters. The zero-order chi connectivity index (χ0) is 17.9. The first kappa shape index (κ1) is 20.3. The van der Waals surface area contributed by atoms with Gasteiger partial charge < -0.3 is 10.2 Å². The van der Waals surface area contributed by atoms with Gasteiger partial charge in [0.15, 0.2) is 0 Å². The van der Waals surface area contributed by atoms with Gasteiger partial charge in [-0.2, -0.15) is 0 Å². The van der Waals surface area contributed by atoms with Crippen molar-refractivity contribution >= 4 is 0 Å². The number of hydrogen-bond donors (Lipinski definition) is 2. The second-order valence-corrected chi connectivity index (χ2v) is 7.02. The molecule has 0 saturated heterocycles. The Labute approximate surface area is 147 Å². The molecule has 0 amide bonds. The Morgan fingerprint density at radius 3 is 2.12 bits per heavy atom. The van der Waals surface area contributed by atoms with Crippen molar-refractivity contribution in [3.05, 3.63) is 46.6 Å². The minimum Gasteiger partial charge on any atom is -0.508 e. The molecule has 2 heteroatoms. The fraction of sp³-hybridized carbons (Fsp3) is 0.545. The first-order chi connectivity index (χ1) is 11.4. The number of aromatic hydroxyl groups is 2. The number of phenols is 2. The predicted octanol–water partition coefficient (Wildman–Crippen LogP) is 6.46. The van der Waals surface area contributed by atoms with Crippen molar-refractivity contribution in [2.75, 3.05) is 0 Å². The molecule has 1 aromatic carbocycles. The molecule has 0 bridgehead atoms. The van der Waals surface area contributed by atoms with Gasteiger partial charge in [0.1, 0.15) is 11.5 Å². The molecule has 0 spiro atoms. The van der Waals surface area contributed by atoms with Gasteiger partial charge in [-0.1, -0.05) is 55.9 Å². The highest BCUT2D eigenvalue weighted by Crippen LogP contribution is 2.30. The number of allylic oxidation sites excluding steroid dienone is 4. The third kappa shape index (κ3) is 7.72. The van der Waals surface area contributed by atoms with E-state index in [2.05, 4.69) is 39.8 Å². The van der Waals surface area contributed by atoms with Gasteiger partial charge in [-0.05, 0) is 64.2 Å². The van der Waals surface area contributed by atoms with Crippen molar-refractivity contribution in [2.24, 2.45) is 0 Å². The Morgan fingerprint density at radius 1 is 0.917 bits per heavy atom. The monoisotopic (exact) mass is 330 g/mol. The molecule has 0 heterocycles. The predicted molar refractivity (Wildman–Crippen MR) is 104 cm³/mol. The largest absolute Gasteiger partial charge is 0.508 e. The van der Waals surface area contributed by atoms with Gasteiger partial charge in [0.2, 0.25) is 0 Å². The van der Waals surface area contributed by atoms with Crippen LogP contribution in [-0.2, 0) is 12.8 Å². The molecule has 0 saturated carbocycles. The molecule has 0 fully saturated rings. The first-order valence-corrected chi connectivity index (χ1v) is 9.26. The van der Waals surface area contributed by atoms with E-state index < -0.39 is 0 Å². The summed E-state index contributed by atoms with van der Waals surface area (Å²) in [4.78, 5) is 0. The van der Waals surface area contributed by atoms with Gasteiger partial charge in [0.25, 0.3) is 0 Å². The number of benzene rings is 1. The molecule has 0 aromatic heterocycles. The van der Waals surface area contributed by atoms with Crippen LogP contribution in [0.5, 0.6) is 11.5 Å². The summed E-state index contributed by atoms with van der Waals surface area (Å²) in [6.07, 6.45) is 12.8. The van der Waals surface area contributed by atoms with E-state index in [-0.39, 0.29) is 11.5 Å². The van der Waals surface area contributed by atoms with Crippen LogP contribution in [-0.4, -0.2) is 10.2 Å². The molecule has 134 valence electrons. The zero-order valence-corrected chi connectivity index (χ0v) is 15.9. The molecule has 0 aliphatic rings. The highest BCUT2D eigenvalue weighted by molar-refractivity contribution is 5.47. The van der Waals surface area contributed by atoms with Gasteiger partial charge in [0, 0.05) is 5.56 Å². The Bertz CT molecular complexity index is 540. The number of unbranched alkanes of at least 4 members (excludes halogenated alkanes) is 4. The van der Waals surface area contributed by atoms with Gasteiger partial charge in [-0.15, -0.1) is 0 Å². The van der Waals surface area contributed by atoms with Crippen LogP contribution in [0.15, 0.2) is 35.4 Å². The average Bonchev–Trinajstić information content (AvgIpc) is 2.52. The fourth-order valence-corrected chi connectivity index (χ4v) is 2.71.